The number of fused-ring (bicyclic) bond motifs is 1. The number of oxazole rings is 1. The molecule has 0 aliphatic rings. The summed E-state index contributed by atoms with van der Waals surface area (Å²) in [5.74, 6) is 0.795. The molecule has 1 heterocycles. The molecule has 0 fully saturated rings. The third kappa shape index (κ3) is 4.53. The highest BCUT2D eigenvalue weighted by Crippen LogP contribution is 2.33. The summed E-state index contributed by atoms with van der Waals surface area (Å²) < 4.78 is 11.4. The summed E-state index contributed by atoms with van der Waals surface area (Å²) in [6.07, 6.45) is 1.82. The first-order valence-corrected chi connectivity index (χ1v) is 10.3. The number of anilines is 1. The third-order valence-corrected chi connectivity index (χ3v) is 4.93. The van der Waals surface area contributed by atoms with Gasteiger partial charge in [-0.2, -0.15) is 0 Å². The molecule has 1 aromatic heterocycles. The van der Waals surface area contributed by atoms with Crippen molar-refractivity contribution in [1.29, 1.82) is 0 Å². The minimum atomic E-state index is -0.260. The van der Waals surface area contributed by atoms with Crippen LogP contribution in [0.25, 0.3) is 22.6 Å². The molecule has 3 aromatic carbocycles. The summed E-state index contributed by atoms with van der Waals surface area (Å²) in [7, 11) is 0. The van der Waals surface area contributed by atoms with Crippen molar-refractivity contribution in [3.8, 4) is 23.0 Å². The number of carbonyl (C=O) groups excluding carboxylic acids is 1. The molecule has 6 heteroatoms. The SMILES string of the molecule is CCCOc1ccc(C(=O)Nc2ccc(O)c(-c3nc4cc(CC)ccc4o3)c2)cc1. The van der Waals surface area contributed by atoms with Crippen LogP contribution in [0, 0.1) is 0 Å². The topological polar surface area (TPSA) is 84.6 Å². The van der Waals surface area contributed by atoms with E-state index in [-0.39, 0.29) is 11.7 Å². The van der Waals surface area contributed by atoms with Crippen molar-refractivity contribution in [2.75, 3.05) is 11.9 Å². The van der Waals surface area contributed by atoms with Gasteiger partial charge in [-0.15, -0.1) is 0 Å². The van der Waals surface area contributed by atoms with Crippen molar-refractivity contribution in [2.45, 2.75) is 26.7 Å². The number of aryl methyl sites for hydroxylation is 1. The summed E-state index contributed by atoms with van der Waals surface area (Å²) >= 11 is 0. The molecule has 0 unspecified atom stereocenters. The number of phenolic OH excluding ortho intramolecular Hbond substituents is 1. The van der Waals surface area contributed by atoms with Gasteiger partial charge in [0.2, 0.25) is 5.89 Å². The van der Waals surface area contributed by atoms with E-state index in [1.165, 1.54) is 6.07 Å². The number of carbonyl (C=O) groups is 1. The molecule has 158 valence electrons. The zero-order chi connectivity index (χ0) is 21.8. The molecule has 0 aliphatic heterocycles. The molecule has 0 saturated carbocycles. The fraction of sp³-hybridized carbons (Fsp3) is 0.200. The van der Waals surface area contributed by atoms with Gasteiger partial charge in [0.15, 0.2) is 5.58 Å². The molecular weight excluding hydrogens is 392 g/mol. The van der Waals surface area contributed by atoms with Crippen molar-refractivity contribution in [3.05, 3.63) is 71.8 Å². The van der Waals surface area contributed by atoms with Gasteiger partial charge in [0.1, 0.15) is 17.0 Å². The Hall–Kier alpha value is -3.80. The first-order chi connectivity index (χ1) is 15.1. The van der Waals surface area contributed by atoms with Crippen molar-refractivity contribution < 1.29 is 19.1 Å². The van der Waals surface area contributed by atoms with Crippen LogP contribution in [0.2, 0.25) is 0 Å². The minimum Gasteiger partial charge on any atom is -0.507 e. The number of amides is 1. The van der Waals surface area contributed by atoms with Gasteiger partial charge in [-0.25, -0.2) is 4.98 Å². The van der Waals surface area contributed by atoms with Crippen molar-refractivity contribution >= 4 is 22.7 Å². The molecule has 4 rings (SSSR count). The lowest BCUT2D eigenvalue weighted by Crippen LogP contribution is -2.11. The molecule has 0 atom stereocenters. The number of nitrogens with zero attached hydrogens (tertiary/aromatic N) is 1. The van der Waals surface area contributed by atoms with Crippen LogP contribution in [0.5, 0.6) is 11.5 Å². The summed E-state index contributed by atoms with van der Waals surface area (Å²) in [4.78, 5) is 17.1. The number of benzene rings is 3. The van der Waals surface area contributed by atoms with Crippen LogP contribution in [0.15, 0.2) is 65.1 Å². The molecule has 0 radical (unpaired) electrons. The molecule has 31 heavy (non-hydrogen) atoms. The van der Waals surface area contributed by atoms with Crippen molar-refractivity contribution in [3.63, 3.8) is 0 Å². The van der Waals surface area contributed by atoms with Crippen LogP contribution in [0.3, 0.4) is 0 Å². The molecule has 4 aromatic rings. The monoisotopic (exact) mass is 416 g/mol. The summed E-state index contributed by atoms with van der Waals surface area (Å²) in [5, 5.41) is 13.2. The first kappa shape index (κ1) is 20.5. The zero-order valence-electron chi connectivity index (χ0n) is 17.5. The summed E-state index contributed by atoms with van der Waals surface area (Å²) in [6, 6.07) is 17.6. The zero-order valence-corrected chi connectivity index (χ0v) is 17.5. The highest BCUT2D eigenvalue weighted by molar-refractivity contribution is 6.04. The number of rotatable bonds is 7. The smallest absolute Gasteiger partial charge is 0.255 e. The van der Waals surface area contributed by atoms with Gasteiger partial charge in [-0.3, -0.25) is 4.79 Å². The second-order valence-electron chi connectivity index (χ2n) is 7.23. The number of aromatic hydroxyl groups is 1. The second-order valence-corrected chi connectivity index (χ2v) is 7.23. The van der Waals surface area contributed by atoms with E-state index in [4.69, 9.17) is 9.15 Å². The number of aromatic nitrogens is 1. The lowest BCUT2D eigenvalue weighted by molar-refractivity contribution is 0.102. The van der Waals surface area contributed by atoms with Gasteiger partial charge in [0.05, 0.1) is 12.2 Å². The average Bonchev–Trinajstić information content (AvgIpc) is 3.22. The predicted molar refractivity (Wildman–Crippen MR) is 121 cm³/mol. The number of hydrogen-bond donors (Lipinski definition) is 2. The quantitative estimate of drug-likeness (QED) is 0.372. The van der Waals surface area contributed by atoms with Gasteiger partial charge in [0.25, 0.3) is 5.91 Å². The molecular formula is C25H24N2O4. The van der Waals surface area contributed by atoms with Gasteiger partial charge in [0, 0.05) is 11.3 Å². The van der Waals surface area contributed by atoms with E-state index in [2.05, 4.69) is 17.2 Å². The van der Waals surface area contributed by atoms with E-state index < -0.39 is 0 Å². The van der Waals surface area contributed by atoms with Crippen LogP contribution in [-0.4, -0.2) is 22.6 Å². The molecule has 0 saturated heterocycles. The molecule has 0 bridgehead atoms. The van der Waals surface area contributed by atoms with Crippen LogP contribution in [-0.2, 0) is 6.42 Å². The van der Waals surface area contributed by atoms with E-state index in [0.717, 1.165) is 29.7 Å². The fourth-order valence-electron chi connectivity index (χ4n) is 3.22. The van der Waals surface area contributed by atoms with Gasteiger partial charge >= 0.3 is 0 Å². The number of nitrogens with one attached hydrogen (secondary N) is 1. The van der Waals surface area contributed by atoms with Gasteiger partial charge in [-0.05, 0) is 73.0 Å². The maximum Gasteiger partial charge on any atom is 0.255 e. The van der Waals surface area contributed by atoms with Crippen molar-refractivity contribution in [2.24, 2.45) is 0 Å². The molecule has 1 amide bonds. The van der Waals surface area contributed by atoms with E-state index in [1.807, 2.05) is 25.1 Å². The standard InChI is InChI=1S/C25H24N2O4/c1-3-13-30-19-9-6-17(7-10-19)24(29)26-18-8-11-22(28)20(15-18)25-27-21-14-16(4-2)5-12-23(21)31-25/h5-12,14-15,28H,3-4,13H2,1-2H3,(H,26,29). The largest absolute Gasteiger partial charge is 0.507 e. The average molecular weight is 416 g/mol. The highest BCUT2D eigenvalue weighted by Gasteiger charge is 2.15. The Labute approximate surface area is 180 Å². The maximum absolute atomic E-state index is 12.6. The maximum atomic E-state index is 12.6. The minimum absolute atomic E-state index is 0.0256. The Bertz CT molecular complexity index is 1210. The number of hydrogen-bond acceptors (Lipinski definition) is 5. The fourth-order valence-corrected chi connectivity index (χ4v) is 3.22. The molecule has 0 spiro atoms. The Kier molecular flexibility index (Phi) is 5.89. The number of phenols is 1. The van der Waals surface area contributed by atoms with Crippen LogP contribution >= 0.6 is 0 Å². The Morgan fingerprint density at radius 2 is 1.87 bits per heavy atom. The number of ether oxygens (including phenoxy) is 1. The lowest BCUT2D eigenvalue weighted by atomic mass is 10.1. The van der Waals surface area contributed by atoms with Gasteiger partial charge in [-0.1, -0.05) is 19.9 Å². The Morgan fingerprint density at radius 1 is 1.06 bits per heavy atom. The Balaban J connectivity index is 1.56. The van der Waals surface area contributed by atoms with Gasteiger partial charge < -0.3 is 19.6 Å². The van der Waals surface area contributed by atoms with Crippen LogP contribution in [0.1, 0.15) is 36.2 Å². The molecule has 0 aliphatic carbocycles. The summed E-state index contributed by atoms with van der Waals surface area (Å²) in [5.41, 5.74) is 3.98. The normalized spacial score (nSPS) is 10.9. The van der Waals surface area contributed by atoms with E-state index in [0.29, 0.717) is 34.9 Å². The third-order valence-electron chi connectivity index (χ3n) is 4.93. The lowest BCUT2D eigenvalue weighted by Gasteiger charge is -2.09. The summed E-state index contributed by atoms with van der Waals surface area (Å²) in [6.45, 7) is 4.75. The van der Waals surface area contributed by atoms with Crippen LogP contribution < -0.4 is 10.1 Å². The van der Waals surface area contributed by atoms with E-state index in [9.17, 15) is 9.90 Å². The van der Waals surface area contributed by atoms with E-state index in [1.54, 1.807) is 36.4 Å². The van der Waals surface area contributed by atoms with Crippen LogP contribution in [0.4, 0.5) is 5.69 Å². The predicted octanol–water partition coefficient (Wildman–Crippen LogP) is 5.80. The molecule has 6 nitrogen and oxygen atoms in total. The highest BCUT2D eigenvalue weighted by atomic mass is 16.5. The first-order valence-electron chi connectivity index (χ1n) is 10.3. The van der Waals surface area contributed by atoms with Crippen molar-refractivity contribution in [1.82, 2.24) is 4.98 Å². The molecule has 2 N–H and O–H groups in total. The Morgan fingerprint density at radius 3 is 2.61 bits per heavy atom. The van der Waals surface area contributed by atoms with E-state index >= 15 is 0 Å². The second kappa shape index (κ2) is 8.92.